The fourth-order valence-corrected chi connectivity index (χ4v) is 1.46. The third-order valence-electron chi connectivity index (χ3n) is 3.07. The van der Waals surface area contributed by atoms with E-state index in [-0.39, 0.29) is 6.54 Å². The summed E-state index contributed by atoms with van der Waals surface area (Å²) in [6, 6.07) is 3.49. The summed E-state index contributed by atoms with van der Waals surface area (Å²) in [7, 11) is 0. The van der Waals surface area contributed by atoms with Crippen molar-refractivity contribution in [2.24, 2.45) is 0 Å². The number of halogens is 1. The largest absolute Gasteiger partial charge is 0.480 e. The van der Waals surface area contributed by atoms with Crippen LogP contribution in [0.2, 0.25) is 0 Å². The first-order chi connectivity index (χ1) is 8.80. The fraction of sp³-hybridized carbons (Fsp3) is 0.417. The number of carbonyl (C=O) groups is 1. The Morgan fingerprint density at radius 3 is 2.63 bits per heavy atom. The lowest BCUT2D eigenvalue weighted by Gasteiger charge is -2.24. The van der Waals surface area contributed by atoms with Gasteiger partial charge in [0.2, 0.25) is 5.82 Å². The highest BCUT2D eigenvalue weighted by Gasteiger charge is 2.30. The first kappa shape index (κ1) is 15.0. The molecular formula is C12H15FN2O4. The van der Waals surface area contributed by atoms with Crippen molar-refractivity contribution >= 4 is 11.7 Å². The van der Waals surface area contributed by atoms with Gasteiger partial charge in [0.25, 0.3) is 0 Å². The van der Waals surface area contributed by atoms with Gasteiger partial charge >= 0.3 is 11.7 Å². The molecule has 0 saturated carbocycles. The van der Waals surface area contributed by atoms with Crippen molar-refractivity contribution in [3.63, 3.8) is 0 Å². The highest BCUT2D eigenvalue weighted by molar-refractivity contribution is 5.78. The van der Waals surface area contributed by atoms with Crippen LogP contribution in [0.15, 0.2) is 18.2 Å². The third kappa shape index (κ3) is 3.47. The van der Waals surface area contributed by atoms with Crippen molar-refractivity contribution in [1.29, 1.82) is 0 Å². The molecule has 1 unspecified atom stereocenters. The second kappa shape index (κ2) is 5.75. The summed E-state index contributed by atoms with van der Waals surface area (Å²) in [6.45, 7) is 3.36. The van der Waals surface area contributed by atoms with Gasteiger partial charge in [-0.1, -0.05) is 13.0 Å². The van der Waals surface area contributed by atoms with Gasteiger partial charge in [0, 0.05) is 12.6 Å². The van der Waals surface area contributed by atoms with E-state index in [1.807, 2.05) is 0 Å². The van der Waals surface area contributed by atoms with Crippen LogP contribution in [0.3, 0.4) is 0 Å². The van der Waals surface area contributed by atoms with Gasteiger partial charge in [-0.2, -0.15) is 4.39 Å². The highest BCUT2D eigenvalue weighted by atomic mass is 19.1. The zero-order valence-corrected chi connectivity index (χ0v) is 10.6. The highest BCUT2D eigenvalue weighted by Crippen LogP contribution is 2.19. The fourth-order valence-electron chi connectivity index (χ4n) is 1.46. The molecule has 2 N–H and O–H groups in total. The van der Waals surface area contributed by atoms with Crippen LogP contribution in [0.1, 0.15) is 25.8 Å². The maximum absolute atomic E-state index is 13.4. The molecule has 0 aliphatic heterocycles. The summed E-state index contributed by atoms with van der Waals surface area (Å²) >= 11 is 0. The van der Waals surface area contributed by atoms with Gasteiger partial charge in [-0.05, 0) is 25.0 Å². The molecule has 1 aromatic rings. The normalized spacial score (nSPS) is 13.8. The molecule has 104 valence electrons. The lowest BCUT2D eigenvalue weighted by molar-refractivity contribution is -0.387. The van der Waals surface area contributed by atoms with Crippen LogP contribution in [-0.4, -0.2) is 21.5 Å². The topological polar surface area (TPSA) is 92.5 Å². The average Bonchev–Trinajstić information content (AvgIpc) is 2.35. The minimum Gasteiger partial charge on any atom is -0.480 e. The standard InChI is InChI=1S/C12H15FN2O4/c1-3-12(2,11(16)17)14-7-8-4-5-10(15(18)19)9(13)6-8/h4-6,14H,3,7H2,1-2H3,(H,16,17). The monoisotopic (exact) mass is 270 g/mol. The van der Waals surface area contributed by atoms with Crippen LogP contribution in [0.25, 0.3) is 0 Å². The van der Waals surface area contributed by atoms with Crippen LogP contribution >= 0.6 is 0 Å². The molecule has 7 heteroatoms. The molecular weight excluding hydrogens is 255 g/mol. The van der Waals surface area contributed by atoms with E-state index >= 15 is 0 Å². The lowest BCUT2D eigenvalue weighted by atomic mass is 9.99. The summed E-state index contributed by atoms with van der Waals surface area (Å²) in [5.74, 6) is -1.93. The van der Waals surface area contributed by atoms with Gasteiger partial charge in [0.15, 0.2) is 0 Å². The van der Waals surface area contributed by atoms with Crippen LogP contribution in [0.5, 0.6) is 0 Å². The number of carboxylic acid groups (broad SMARTS) is 1. The molecule has 19 heavy (non-hydrogen) atoms. The van der Waals surface area contributed by atoms with Gasteiger partial charge < -0.3 is 5.11 Å². The molecule has 0 fully saturated rings. The van der Waals surface area contributed by atoms with E-state index in [2.05, 4.69) is 5.32 Å². The van der Waals surface area contributed by atoms with Crippen LogP contribution in [-0.2, 0) is 11.3 Å². The number of rotatable bonds is 6. The van der Waals surface area contributed by atoms with Crippen LogP contribution < -0.4 is 5.32 Å². The molecule has 0 aliphatic rings. The van der Waals surface area contributed by atoms with Gasteiger partial charge in [-0.3, -0.25) is 20.2 Å². The van der Waals surface area contributed by atoms with Crippen molar-refractivity contribution in [3.05, 3.63) is 39.7 Å². The molecule has 1 rings (SSSR count). The Kier molecular flexibility index (Phi) is 4.55. The summed E-state index contributed by atoms with van der Waals surface area (Å²) in [5.41, 5.74) is -1.26. The predicted octanol–water partition coefficient (Wildman–Crippen LogP) is 2.08. The molecule has 0 amide bonds. The van der Waals surface area contributed by atoms with Crippen LogP contribution in [0.4, 0.5) is 10.1 Å². The Hall–Kier alpha value is -2.02. The number of carboxylic acids is 1. The molecule has 0 saturated heterocycles. The number of nitro benzene ring substituents is 1. The predicted molar refractivity (Wildman–Crippen MR) is 66.2 cm³/mol. The minimum atomic E-state index is -1.11. The average molecular weight is 270 g/mol. The Morgan fingerprint density at radius 1 is 1.58 bits per heavy atom. The van der Waals surface area contributed by atoms with E-state index in [1.54, 1.807) is 6.92 Å². The molecule has 0 radical (unpaired) electrons. The van der Waals surface area contributed by atoms with E-state index in [0.717, 1.165) is 12.1 Å². The van der Waals surface area contributed by atoms with Crippen molar-refractivity contribution in [2.45, 2.75) is 32.4 Å². The van der Waals surface area contributed by atoms with Gasteiger partial charge in [0.1, 0.15) is 5.54 Å². The first-order valence-corrected chi connectivity index (χ1v) is 5.71. The van der Waals surface area contributed by atoms with Gasteiger partial charge in [-0.15, -0.1) is 0 Å². The summed E-state index contributed by atoms with van der Waals surface area (Å²) in [5, 5.41) is 22.3. The molecule has 0 heterocycles. The van der Waals surface area contributed by atoms with Crippen LogP contribution in [0, 0.1) is 15.9 Å². The third-order valence-corrected chi connectivity index (χ3v) is 3.07. The van der Waals surface area contributed by atoms with E-state index < -0.39 is 27.9 Å². The number of nitro groups is 1. The zero-order chi connectivity index (χ0) is 14.6. The van der Waals surface area contributed by atoms with Crippen molar-refractivity contribution in [2.75, 3.05) is 0 Å². The summed E-state index contributed by atoms with van der Waals surface area (Å²) < 4.78 is 13.4. The number of benzene rings is 1. The maximum atomic E-state index is 13.4. The molecule has 6 nitrogen and oxygen atoms in total. The zero-order valence-electron chi connectivity index (χ0n) is 10.6. The van der Waals surface area contributed by atoms with Gasteiger partial charge in [0.05, 0.1) is 4.92 Å². The Labute approximate surface area is 109 Å². The van der Waals surface area contributed by atoms with E-state index in [0.29, 0.717) is 12.0 Å². The van der Waals surface area contributed by atoms with E-state index in [1.165, 1.54) is 13.0 Å². The first-order valence-electron chi connectivity index (χ1n) is 5.71. The van der Waals surface area contributed by atoms with E-state index in [9.17, 15) is 19.3 Å². The molecule has 0 spiro atoms. The number of nitrogens with one attached hydrogen (secondary N) is 1. The second-order valence-corrected chi connectivity index (χ2v) is 4.39. The number of hydrogen-bond acceptors (Lipinski definition) is 4. The van der Waals surface area contributed by atoms with E-state index in [4.69, 9.17) is 5.11 Å². The van der Waals surface area contributed by atoms with Crippen molar-refractivity contribution in [3.8, 4) is 0 Å². The molecule has 1 atom stereocenters. The molecule has 0 aromatic heterocycles. The van der Waals surface area contributed by atoms with Crippen molar-refractivity contribution < 1.29 is 19.2 Å². The smallest absolute Gasteiger partial charge is 0.323 e. The Balaban J connectivity index is 2.82. The number of aliphatic carboxylic acids is 1. The Morgan fingerprint density at radius 2 is 2.21 bits per heavy atom. The SMILES string of the molecule is CCC(C)(NCc1ccc([N+](=O)[O-])c(F)c1)C(=O)O. The lowest BCUT2D eigenvalue weighted by Crippen LogP contribution is -2.48. The number of hydrogen-bond donors (Lipinski definition) is 2. The minimum absolute atomic E-state index is 0.117. The summed E-state index contributed by atoms with van der Waals surface area (Å²) in [6.07, 6.45) is 0.359. The van der Waals surface area contributed by atoms with Gasteiger partial charge in [-0.25, -0.2) is 0 Å². The van der Waals surface area contributed by atoms with Crippen molar-refractivity contribution in [1.82, 2.24) is 5.32 Å². The maximum Gasteiger partial charge on any atom is 0.323 e. The quantitative estimate of drug-likeness (QED) is 0.609. The Bertz CT molecular complexity index is 507. The molecule has 1 aromatic carbocycles. The second-order valence-electron chi connectivity index (χ2n) is 4.39. The molecule has 0 bridgehead atoms. The summed E-state index contributed by atoms with van der Waals surface area (Å²) in [4.78, 5) is 20.7. The number of nitrogens with zero attached hydrogens (tertiary/aromatic N) is 1. The molecule has 0 aliphatic carbocycles.